The number of hydrogen-bond donors (Lipinski definition) is 1. The topological polar surface area (TPSA) is 56.8 Å². The van der Waals surface area contributed by atoms with Crippen LogP contribution in [-0.2, 0) is 16.0 Å². The summed E-state index contributed by atoms with van der Waals surface area (Å²) < 4.78 is 16.0. The maximum absolute atomic E-state index is 11.3. The Morgan fingerprint density at radius 2 is 2.10 bits per heavy atom. The van der Waals surface area contributed by atoms with E-state index in [0.29, 0.717) is 19.6 Å². The standard InChI is InChI=1S/C15H21NO4/c1-16-12(10-15(17)18-2)8-11-4-5-13-14(9-11)20-7-3-6-19-13/h4-5,9,12,16H,3,6-8,10H2,1-2H3. The van der Waals surface area contributed by atoms with Gasteiger partial charge < -0.3 is 19.5 Å². The van der Waals surface area contributed by atoms with Gasteiger partial charge in [-0.25, -0.2) is 0 Å². The van der Waals surface area contributed by atoms with Gasteiger partial charge in [0.1, 0.15) is 0 Å². The normalized spacial score (nSPS) is 15.3. The van der Waals surface area contributed by atoms with Crippen molar-refractivity contribution in [3.8, 4) is 11.5 Å². The lowest BCUT2D eigenvalue weighted by molar-refractivity contribution is -0.141. The fraction of sp³-hybridized carbons (Fsp3) is 0.533. The first-order valence-electron chi connectivity index (χ1n) is 6.85. The number of rotatable bonds is 5. The number of likely N-dealkylation sites (N-methyl/N-ethyl adjacent to an activating group) is 1. The number of carbonyl (C=O) groups is 1. The molecule has 0 fully saturated rings. The van der Waals surface area contributed by atoms with E-state index in [0.717, 1.165) is 29.9 Å². The number of carbonyl (C=O) groups excluding carboxylic acids is 1. The van der Waals surface area contributed by atoms with Crippen LogP contribution in [0, 0.1) is 0 Å². The van der Waals surface area contributed by atoms with Gasteiger partial charge in [0.25, 0.3) is 0 Å². The first-order chi connectivity index (χ1) is 9.72. The zero-order valence-corrected chi connectivity index (χ0v) is 12.0. The van der Waals surface area contributed by atoms with Crippen molar-refractivity contribution in [1.82, 2.24) is 5.32 Å². The van der Waals surface area contributed by atoms with Gasteiger partial charge in [-0.2, -0.15) is 0 Å². The molecule has 1 aromatic rings. The van der Waals surface area contributed by atoms with E-state index < -0.39 is 0 Å². The summed E-state index contributed by atoms with van der Waals surface area (Å²) >= 11 is 0. The number of esters is 1. The van der Waals surface area contributed by atoms with Crippen molar-refractivity contribution >= 4 is 5.97 Å². The highest BCUT2D eigenvalue weighted by Gasteiger charge is 2.15. The molecule has 1 N–H and O–H groups in total. The lowest BCUT2D eigenvalue weighted by Gasteiger charge is -2.16. The van der Waals surface area contributed by atoms with Crippen LogP contribution < -0.4 is 14.8 Å². The molecular weight excluding hydrogens is 258 g/mol. The van der Waals surface area contributed by atoms with Crippen LogP contribution in [0.3, 0.4) is 0 Å². The van der Waals surface area contributed by atoms with E-state index in [1.165, 1.54) is 7.11 Å². The molecule has 0 radical (unpaired) electrons. The molecule has 2 rings (SSSR count). The zero-order chi connectivity index (χ0) is 14.4. The summed E-state index contributed by atoms with van der Waals surface area (Å²) in [5.74, 6) is 1.37. The number of methoxy groups -OCH3 is 1. The third kappa shape index (κ3) is 3.87. The minimum Gasteiger partial charge on any atom is -0.490 e. The monoisotopic (exact) mass is 279 g/mol. The molecule has 0 saturated carbocycles. The second-order valence-electron chi connectivity index (χ2n) is 4.80. The van der Waals surface area contributed by atoms with Crippen LogP contribution >= 0.6 is 0 Å². The fourth-order valence-electron chi connectivity index (χ4n) is 2.18. The van der Waals surface area contributed by atoms with E-state index >= 15 is 0 Å². The number of benzene rings is 1. The molecule has 0 aliphatic carbocycles. The van der Waals surface area contributed by atoms with Crippen LogP contribution in [0.15, 0.2) is 18.2 Å². The van der Waals surface area contributed by atoms with Gasteiger partial charge in [0.15, 0.2) is 11.5 Å². The van der Waals surface area contributed by atoms with Crippen LogP contribution in [0.2, 0.25) is 0 Å². The van der Waals surface area contributed by atoms with Crippen molar-refractivity contribution in [1.29, 1.82) is 0 Å². The van der Waals surface area contributed by atoms with Crippen LogP contribution in [0.25, 0.3) is 0 Å². The van der Waals surface area contributed by atoms with Crippen molar-refractivity contribution in [2.75, 3.05) is 27.4 Å². The molecule has 0 spiro atoms. The van der Waals surface area contributed by atoms with Crippen molar-refractivity contribution < 1.29 is 19.0 Å². The Morgan fingerprint density at radius 1 is 1.35 bits per heavy atom. The van der Waals surface area contributed by atoms with E-state index in [4.69, 9.17) is 14.2 Å². The van der Waals surface area contributed by atoms with Crippen molar-refractivity contribution in [3.05, 3.63) is 23.8 Å². The Balaban J connectivity index is 2.05. The van der Waals surface area contributed by atoms with Gasteiger partial charge in [-0.05, 0) is 31.2 Å². The Hall–Kier alpha value is -1.75. The molecular formula is C15H21NO4. The van der Waals surface area contributed by atoms with Gasteiger partial charge in [0.05, 0.1) is 26.7 Å². The first-order valence-corrected chi connectivity index (χ1v) is 6.85. The molecule has 5 heteroatoms. The van der Waals surface area contributed by atoms with Crippen LogP contribution in [0.4, 0.5) is 0 Å². The minimum atomic E-state index is -0.210. The van der Waals surface area contributed by atoms with Gasteiger partial charge in [0.2, 0.25) is 0 Å². The van der Waals surface area contributed by atoms with Crippen molar-refractivity contribution in [3.63, 3.8) is 0 Å². The SMILES string of the molecule is CNC(CC(=O)OC)Cc1ccc2c(c1)OCCCO2. The number of ether oxygens (including phenoxy) is 3. The van der Waals surface area contributed by atoms with Crippen LogP contribution in [0.5, 0.6) is 11.5 Å². The quantitative estimate of drug-likeness (QED) is 0.829. The minimum absolute atomic E-state index is 0.0483. The Morgan fingerprint density at radius 3 is 2.80 bits per heavy atom. The molecule has 1 unspecified atom stereocenters. The lowest BCUT2D eigenvalue weighted by atomic mass is 10.0. The van der Waals surface area contributed by atoms with E-state index in [1.54, 1.807) is 0 Å². The summed E-state index contributed by atoms with van der Waals surface area (Å²) in [6, 6.07) is 5.98. The predicted molar refractivity (Wildman–Crippen MR) is 75.2 cm³/mol. The van der Waals surface area contributed by atoms with E-state index in [9.17, 15) is 4.79 Å². The molecule has 0 aromatic heterocycles. The maximum Gasteiger partial charge on any atom is 0.307 e. The van der Waals surface area contributed by atoms with Crippen LogP contribution in [0.1, 0.15) is 18.4 Å². The smallest absolute Gasteiger partial charge is 0.307 e. The van der Waals surface area contributed by atoms with E-state index in [-0.39, 0.29) is 12.0 Å². The largest absolute Gasteiger partial charge is 0.490 e. The molecule has 0 bridgehead atoms. The third-order valence-corrected chi connectivity index (χ3v) is 3.34. The molecule has 1 heterocycles. The maximum atomic E-state index is 11.3. The van der Waals surface area contributed by atoms with E-state index in [1.807, 2.05) is 25.2 Å². The zero-order valence-electron chi connectivity index (χ0n) is 12.0. The Labute approximate surface area is 119 Å². The average molecular weight is 279 g/mol. The third-order valence-electron chi connectivity index (χ3n) is 3.34. The molecule has 110 valence electrons. The van der Waals surface area contributed by atoms with Crippen molar-refractivity contribution in [2.24, 2.45) is 0 Å². The average Bonchev–Trinajstić information content (AvgIpc) is 2.71. The molecule has 1 atom stereocenters. The summed E-state index contributed by atoms with van der Waals surface area (Å²) in [5, 5.41) is 3.14. The molecule has 0 saturated heterocycles. The Bertz CT molecular complexity index is 461. The fourth-order valence-corrected chi connectivity index (χ4v) is 2.18. The molecule has 20 heavy (non-hydrogen) atoms. The predicted octanol–water partition coefficient (Wildman–Crippen LogP) is 1.54. The highest BCUT2D eigenvalue weighted by molar-refractivity contribution is 5.70. The molecule has 1 aliphatic heterocycles. The van der Waals surface area contributed by atoms with Crippen LogP contribution in [-0.4, -0.2) is 39.4 Å². The number of hydrogen-bond acceptors (Lipinski definition) is 5. The van der Waals surface area contributed by atoms with Crippen molar-refractivity contribution in [2.45, 2.75) is 25.3 Å². The molecule has 1 aliphatic rings. The van der Waals surface area contributed by atoms with E-state index in [2.05, 4.69) is 5.32 Å². The highest BCUT2D eigenvalue weighted by atomic mass is 16.5. The van der Waals surface area contributed by atoms with Gasteiger partial charge in [-0.15, -0.1) is 0 Å². The number of nitrogens with one attached hydrogen (secondary N) is 1. The molecule has 0 amide bonds. The van der Waals surface area contributed by atoms with Gasteiger partial charge in [0, 0.05) is 12.5 Å². The van der Waals surface area contributed by atoms with Gasteiger partial charge >= 0.3 is 5.97 Å². The highest BCUT2D eigenvalue weighted by Crippen LogP contribution is 2.30. The summed E-state index contributed by atoms with van der Waals surface area (Å²) in [4.78, 5) is 11.3. The second kappa shape index (κ2) is 7.14. The summed E-state index contributed by atoms with van der Waals surface area (Å²) in [6.45, 7) is 1.36. The van der Waals surface area contributed by atoms with Gasteiger partial charge in [-0.1, -0.05) is 6.07 Å². The Kier molecular flexibility index (Phi) is 5.24. The second-order valence-corrected chi connectivity index (χ2v) is 4.80. The molecule has 1 aromatic carbocycles. The number of fused-ring (bicyclic) bond motifs is 1. The summed E-state index contributed by atoms with van der Waals surface area (Å²) in [7, 11) is 3.25. The first kappa shape index (κ1) is 14.7. The lowest BCUT2D eigenvalue weighted by Crippen LogP contribution is -2.30. The van der Waals surface area contributed by atoms with Gasteiger partial charge in [-0.3, -0.25) is 4.79 Å². The summed E-state index contributed by atoms with van der Waals surface area (Å²) in [6.07, 6.45) is 1.98. The molecule has 5 nitrogen and oxygen atoms in total. The summed E-state index contributed by atoms with van der Waals surface area (Å²) in [5.41, 5.74) is 1.11.